The second kappa shape index (κ2) is 9.70. The summed E-state index contributed by atoms with van der Waals surface area (Å²) < 4.78 is 0. The van der Waals surface area contributed by atoms with Crippen LogP contribution in [0.15, 0.2) is 43.7 Å². The SMILES string of the molecule is C=C=CC(=O)NC(=O)C=C.C=CC(N)=O. The van der Waals surface area contributed by atoms with Crippen LogP contribution in [0.25, 0.3) is 0 Å². The van der Waals surface area contributed by atoms with Crippen molar-refractivity contribution in [3.63, 3.8) is 0 Å². The third-order valence-corrected chi connectivity index (χ3v) is 0.866. The first-order valence-electron chi connectivity index (χ1n) is 3.73. The van der Waals surface area contributed by atoms with E-state index in [2.05, 4.69) is 31.2 Å². The largest absolute Gasteiger partial charge is 0.366 e. The predicted molar refractivity (Wildman–Crippen MR) is 56.4 cm³/mol. The van der Waals surface area contributed by atoms with Crippen molar-refractivity contribution in [2.45, 2.75) is 0 Å². The number of hydrogen-bond acceptors (Lipinski definition) is 3. The maximum absolute atomic E-state index is 10.5. The van der Waals surface area contributed by atoms with E-state index in [1.165, 1.54) is 0 Å². The lowest BCUT2D eigenvalue weighted by atomic mass is 10.5. The van der Waals surface area contributed by atoms with Gasteiger partial charge in [0.05, 0.1) is 0 Å². The molecular weight excluding hydrogens is 196 g/mol. The molecule has 3 amide bonds. The Kier molecular flexibility index (Phi) is 9.76. The molecule has 0 fully saturated rings. The molecule has 5 nitrogen and oxygen atoms in total. The monoisotopic (exact) mass is 208 g/mol. The van der Waals surface area contributed by atoms with Crippen LogP contribution in [0.2, 0.25) is 0 Å². The van der Waals surface area contributed by atoms with E-state index in [1.807, 2.05) is 5.32 Å². The number of nitrogens with one attached hydrogen (secondary N) is 1. The van der Waals surface area contributed by atoms with E-state index < -0.39 is 17.7 Å². The molecule has 3 N–H and O–H groups in total. The summed E-state index contributed by atoms with van der Waals surface area (Å²) in [7, 11) is 0. The van der Waals surface area contributed by atoms with Gasteiger partial charge in [-0.1, -0.05) is 19.7 Å². The summed E-state index contributed by atoms with van der Waals surface area (Å²) in [4.78, 5) is 30.3. The van der Waals surface area contributed by atoms with Gasteiger partial charge in [-0.25, -0.2) is 0 Å². The van der Waals surface area contributed by atoms with Gasteiger partial charge < -0.3 is 5.73 Å². The minimum atomic E-state index is -0.542. The molecule has 0 atom stereocenters. The second-order valence-corrected chi connectivity index (χ2v) is 2.01. The van der Waals surface area contributed by atoms with Gasteiger partial charge in [0.15, 0.2) is 0 Å². The molecule has 0 bridgehead atoms. The summed E-state index contributed by atoms with van der Waals surface area (Å²) in [6.07, 6.45) is 3.09. The third kappa shape index (κ3) is 14.5. The van der Waals surface area contributed by atoms with Gasteiger partial charge in [0.1, 0.15) is 0 Å². The Morgan fingerprint density at radius 3 is 1.87 bits per heavy atom. The fourth-order valence-corrected chi connectivity index (χ4v) is 0.301. The molecule has 0 aliphatic carbocycles. The lowest BCUT2D eigenvalue weighted by molar-refractivity contribution is -0.125. The highest BCUT2D eigenvalue weighted by Gasteiger charge is 1.97. The molecule has 15 heavy (non-hydrogen) atoms. The van der Waals surface area contributed by atoms with Crippen molar-refractivity contribution >= 4 is 17.7 Å². The van der Waals surface area contributed by atoms with Crippen LogP contribution in [0, 0.1) is 0 Å². The van der Waals surface area contributed by atoms with E-state index in [4.69, 9.17) is 0 Å². The Morgan fingerprint density at radius 2 is 1.60 bits per heavy atom. The van der Waals surface area contributed by atoms with Crippen LogP contribution in [-0.4, -0.2) is 17.7 Å². The molecule has 0 aliphatic heterocycles. The summed E-state index contributed by atoms with van der Waals surface area (Å²) in [5.74, 6) is -1.55. The van der Waals surface area contributed by atoms with Crippen LogP contribution in [0.1, 0.15) is 0 Å². The molecule has 80 valence electrons. The lowest BCUT2D eigenvalue weighted by Gasteiger charge is -1.90. The van der Waals surface area contributed by atoms with Gasteiger partial charge in [-0.15, -0.1) is 5.73 Å². The van der Waals surface area contributed by atoms with Gasteiger partial charge in [-0.05, 0) is 12.2 Å². The molecule has 0 saturated carbocycles. The molecule has 0 aliphatic rings. The van der Waals surface area contributed by atoms with Crippen molar-refractivity contribution in [2.24, 2.45) is 5.73 Å². The second-order valence-electron chi connectivity index (χ2n) is 2.01. The number of imide groups is 1. The number of carbonyl (C=O) groups excluding carboxylic acids is 3. The van der Waals surface area contributed by atoms with Gasteiger partial charge in [0.25, 0.3) is 5.91 Å². The van der Waals surface area contributed by atoms with Crippen molar-refractivity contribution < 1.29 is 14.4 Å². The van der Waals surface area contributed by atoms with Crippen molar-refractivity contribution in [3.8, 4) is 0 Å². The van der Waals surface area contributed by atoms with E-state index in [0.717, 1.165) is 18.2 Å². The molecule has 0 heterocycles. The Bertz CT molecular complexity index is 326. The van der Waals surface area contributed by atoms with E-state index >= 15 is 0 Å². The fourth-order valence-electron chi connectivity index (χ4n) is 0.301. The number of nitrogens with two attached hydrogens (primary N) is 1. The summed E-state index contributed by atoms with van der Waals surface area (Å²) in [5, 5.41) is 1.98. The van der Waals surface area contributed by atoms with Gasteiger partial charge in [0.2, 0.25) is 11.8 Å². The molecule has 5 heteroatoms. The maximum atomic E-state index is 10.5. The highest BCUT2D eigenvalue weighted by atomic mass is 16.2. The molecule has 0 spiro atoms. The van der Waals surface area contributed by atoms with Crippen molar-refractivity contribution in [2.75, 3.05) is 0 Å². The van der Waals surface area contributed by atoms with Crippen LogP contribution >= 0.6 is 0 Å². The first-order chi connectivity index (χ1) is 6.97. The molecule has 0 unspecified atom stereocenters. The molecule has 0 aromatic rings. The van der Waals surface area contributed by atoms with E-state index in [1.54, 1.807) is 0 Å². The predicted octanol–water partition coefficient (Wildman–Crippen LogP) is -0.186. The fraction of sp³-hybridized carbons (Fsp3) is 0. The zero-order chi connectivity index (χ0) is 12.3. The first kappa shape index (κ1) is 15.1. The Morgan fingerprint density at radius 1 is 1.13 bits per heavy atom. The topological polar surface area (TPSA) is 89.3 Å². The Balaban J connectivity index is 0. The summed E-state index contributed by atoms with van der Waals surface area (Å²) in [5.41, 5.74) is 6.76. The Hall–Kier alpha value is -2.39. The smallest absolute Gasteiger partial charge is 0.258 e. The summed E-state index contributed by atoms with van der Waals surface area (Å²) in [6, 6.07) is 0. The third-order valence-electron chi connectivity index (χ3n) is 0.866. The normalized spacial score (nSPS) is 6.93. The van der Waals surface area contributed by atoms with Crippen molar-refractivity contribution in [3.05, 3.63) is 43.7 Å². The molecule has 0 saturated heterocycles. The number of primary amides is 1. The van der Waals surface area contributed by atoms with E-state index in [0.29, 0.717) is 0 Å². The zero-order valence-electron chi connectivity index (χ0n) is 8.16. The first-order valence-corrected chi connectivity index (χ1v) is 3.73. The number of rotatable bonds is 3. The average molecular weight is 208 g/mol. The molecule has 0 aromatic carbocycles. The van der Waals surface area contributed by atoms with Gasteiger partial charge in [0, 0.05) is 6.08 Å². The molecule has 0 rings (SSSR count). The highest BCUT2D eigenvalue weighted by Crippen LogP contribution is 1.69. The number of hydrogen-bond donors (Lipinski definition) is 2. The van der Waals surface area contributed by atoms with Gasteiger partial charge in [-0.3, -0.25) is 19.7 Å². The minimum absolute atomic E-state index is 0.481. The van der Waals surface area contributed by atoms with Crippen molar-refractivity contribution in [1.82, 2.24) is 5.32 Å². The standard InChI is InChI=1S/C7H7NO2.C3H5NO/c1-3-5-7(10)8-6(9)4-2;1-2-3(4)5/h4-5H,1-2H2,(H,8,9,10);2H,1H2,(H2,4,5). The lowest BCUT2D eigenvalue weighted by Crippen LogP contribution is -2.26. The van der Waals surface area contributed by atoms with Crippen molar-refractivity contribution in [1.29, 1.82) is 0 Å². The quantitative estimate of drug-likeness (QED) is 0.497. The summed E-state index contributed by atoms with van der Waals surface area (Å²) in [6.45, 7) is 9.40. The molecule has 0 aromatic heterocycles. The highest BCUT2D eigenvalue weighted by molar-refractivity contribution is 6.04. The van der Waals surface area contributed by atoms with Crippen LogP contribution < -0.4 is 11.1 Å². The van der Waals surface area contributed by atoms with Crippen LogP contribution in [0.3, 0.4) is 0 Å². The molecule has 0 radical (unpaired) electrons. The number of amides is 3. The maximum Gasteiger partial charge on any atom is 0.258 e. The molecular formula is C10H12N2O3. The van der Waals surface area contributed by atoms with Crippen LogP contribution in [0.4, 0.5) is 0 Å². The number of carbonyl (C=O) groups is 3. The zero-order valence-corrected chi connectivity index (χ0v) is 8.16. The van der Waals surface area contributed by atoms with Gasteiger partial charge in [-0.2, -0.15) is 0 Å². The van der Waals surface area contributed by atoms with Crippen LogP contribution in [0.5, 0.6) is 0 Å². The van der Waals surface area contributed by atoms with E-state index in [9.17, 15) is 14.4 Å². The van der Waals surface area contributed by atoms with E-state index in [-0.39, 0.29) is 0 Å². The average Bonchev–Trinajstić information content (AvgIpc) is 2.18. The van der Waals surface area contributed by atoms with Gasteiger partial charge >= 0.3 is 0 Å². The van der Waals surface area contributed by atoms with Crippen LogP contribution in [-0.2, 0) is 14.4 Å². The Labute approximate surface area is 87.6 Å². The summed E-state index contributed by atoms with van der Waals surface area (Å²) >= 11 is 0. The minimum Gasteiger partial charge on any atom is -0.366 e.